The Morgan fingerprint density at radius 2 is 1.60 bits per heavy atom. The van der Waals surface area contributed by atoms with Gasteiger partial charge in [-0.15, -0.1) is 6.42 Å². The maximum Gasteiger partial charge on any atom is 0.306 e. The van der Waals surface area contributed by atoms with Crippen LogP contribution in [0.2, 0.25) is 10.0 Å². The molecule has 0 radical (unpaired) electrons. The minimum atomic E-state index is -0.951. The molecule has 8 heteroatoms. The number of benzene rings is 3. The number of nitrogens with zero attached hydrogens (tertiary/aromatic N) is 2. The first kappa shape index (κ1) is 31.2. The summed E-state index contributed by atoms with van der Waals surface area (Å²) in [6.45, 7) is 7.66. The minimum Gasteiger partial charge on any atom is -0.460 e. The molecule has 1 aliphatic heterocycles. The van der Waals surface area contributed by atoms with Gasteiger partial charge in [-0.25, -0.2) is 0 Å². The number of halogens is 2. The van der Waals surface area contributed by atoms with Crippen LogP contribution in [0.1, 0.15) is 86.1 Å². The lowest BCUT2D eigenvalue weighted by Crippen LogP contribution is -2.44. The molecular formula is C34H34Cl2N2O4. The van der Waals surface area contributed by atoms with Gasteiger partial charge in [0.1, 0.15) is 11.6 Å². The van der Waals surface area contributed by atoms with E-state index in [0.29, 0.717) is 51.8 Å². The number of unbranched alkanes of at least 4 members (excludes halogenated alkanes) is 1. The molecule has 6 nitrogen and oxygen atoms in total. The monoisotopic (exact) mass is 604 g/mol. The number of ether oxygens (including phenoxy) is 1. The molecule has 0 bridgehead atoms. The van der Waals surface area contributed by atoms with E-state index in [1.807, 2.05) is 39.8 Å². The smallest absolute Gasteiger partial charge is 0.306 e. The summed E-state index contributed by atoms with van der Waals surface area (Å²) < 4.78 is 5.43. The Morgan fingerprint density at radius 1 is 0.976 bits per heavy atom. The van der Waals surface area contributed by atoms with Gasteiger partial charge >= 0.3 is 5.97 Å². The molecule has 42 heavy (non-hydrogen) atoms. The van der Waals surface area contributed by atoms with Crippen LogP contribution in [0.25, 0.3) is 0 Å². The number of rotatable bonds is 8. The van der Waals surface area contributed by atoms with Gasteiger partial charge in [0.2, 0.25) is 0 Å². The molecule has 3 aromatic rings. The number of anilines is 1. The van der Waals surface area contributed by atoms with Crippen molar-refractivity contribution in [1.82, 2.24) is 4.90 Å². The van der Waals surface area contributed by atoms with Crippen molar-refractivity contribution < 1.29 is 19.1 Å². The van der Waals surface area contributed by atoms with Gasteiger partial charge in [0, 0.05) is 28.6 Å². The summed E-state index contributed by atoms with van der Waals surface area (Å²) in [7, 11) is 0. The van der Waals surface area contributed by atoms with Crippen molar-refractivity contribution in [1.29, 1.82) is 0 Å². The summed E-state index contributed by atoms with van der Waals surface area (Å²) in [5.41, 5.74) is 2.22. The summed E-state index contributed by atoms with van der Waals surface area (Å²) in [5.74, 6) is 1.72. The number of hydrogen-bond acceptors (Lipinski definition) is 4. The van der Waals surface area contributed by atoms with Crippen molar-refractivity contribution in [3.8, 4) is 12.3 Å². The van der Waals surface area contributed by atoms with Gasteiger partial charge in [0.05, 0.1) is 17.3 Å². The fraction of sp³-hybridized carbons (Fsp3) is 0.324. The first-order chi connectivity index (χ1) is 19.9. The topological polar surface area (TPSA) is 66.9 Å². The standard InChI is InChI=1S/C34H34Cl2N2O4/c1-6-23-10-19-29-28(21-23)32(40)38(22(2)24-11-15-26(35)16-12-24)31(25-13-17-27(36)18-14-25)33(41)37(29)20-8-7-9-30(39)42-34(3,4)5/h1,10-19,21-22,31H,7-9,20H2,2-5H3/t22-,31-/m1/s1. The summed E-state index contributed by atoms with van der Waals surface area (Å²) >= 11 is 12.3. The normalized spacial score (nSPS) is 16.0. The Bertz CT molecular complexity index is 1500. The van der Waals surface area contributed by atoms with Gasteiger partial charge in [-0.05, 0) is 94.1 Å². The van der Waals surface area contributed by atoms with E-state index in [1.54, 1.807) is 64.4 Å². The lowest BCUT2D eigenvalue weighted by molar-refractivity contribution is -0.154. The molecule has 0 saturated heterocycles. The Hall–Kier alpha value is -3.79. The molecule has 3 aromatic carbocycles. The van der Waals surface area contributed by atoms with Crippen molar-refractivity contribution in [3.05, 3.63) is 99.0 Å². The molecule has 4 rings (SSSR count). The third-order valence-electron chi connectivity index (χ3n) is 7.09. The Morgan fingerprint density at radius 3 is 2.19 bits per heavy atom. The third-order valence-corrected chi connectivity index (χ3v) is 7.59. The van der Waals surface area contributed by atoms with Gasteiger partial charge < -0.3 is 14.5 Å². The second-order valence-corrected chi connectivity index (χ2v) is 12.2. The highest BCUT2D eigenvalue weighted by Gasteiger charge is 2.43. The first-order valence-corrected chi connectivity index (χ1v) is 14.6. The number of hydrogen-bond donors (Lipinski definition) is 0. The number of carbonyl (C=O) groups excluding carboxylic acids is 3. The molecule has 2 amide bonds. The molecular weight excluding hydrogens is 571 g/mol. The number of esters is 1. The van der Waals surface area contributed by atoms with Crippen LogP contribution in [0.4, 0.5) is 5.69 Å². The summed E-state index contributed by atoms with van der Waals surface area (Å²) in [6.07, 6.45) is 6.97. The molecule has 0 fully saturated rings. The summed E-state index contributed by atoms with van der Waals surface area (Å²) in [6, 6.07) is 17.8. The molecule has 0 aliphatic carbocycles. The molecule has 0 aromatic heterocycles. The number of amides is 2. The highest BCUT2D eigenvalue weighted by Crippen LogP contribution is 2.40. The molecule has 1 heterocycles. The Kier molecular flexibility index (Phi) is 9.66. The second kappa shape index (κ2) is 13.0. The first-order valence-electron chi connectivity index (χ1n) is 13.9. The predicted molar refractivity (Wildman–Crippen MR) is 167 cm³/mol. The fourth-order valence-electron chi connectivity index (χ4n) is 5.09. The molecule has 218 valence electrons. The van der Waals surface area contributed by atoms with E-state index in [0.717, 1.165) is 5.56 Å². The maximum absolute atomic E-state index is 14.6. The van der Waals surface area contributed by atoms with Crippen LogP contribution in [0.3, 0.4) is 0 Å². The van der Waals surface area contributed by atoms with Crippen molar-refractivity contribution >= 4 is 46.7 Å². The SMILES string of the molecule is C#Cc1ccc2c(c1)C(=O)N([C@H](C)c1ccc(Cl)cc1)[C@H](c1ccc(Cl)cc1)C(=O)N2CCCCC(=O)OC(C)(C)C. The molecule has 2 atom stereocenters. The van der Waals surface area contributed by atoms with E-state index in [4.69, 9.17) is 34.4 Å². The van der Waals surface area contributed by atoms with Crippen LogP contribution < -0.4 is 4.90 Å². The number of carbonyl (C=O) groups is 3. The van der Waals surface area contributed by atoms with E-state index in [9.17, 15) is 14.4 Å². The third kappa shape index (κ3) is 7.15. The number of fused-ring (bicyclic) bond motifs is 1. The molecule has 1 aliphatic rings. The quantitative estimate of drug-likeness (QED) is 0.149. The van der Waals surface area contributed by atoms with Crippen LogP contribution >= 0.6 is 23.2 Å². The van der Waals surface area contributed by atoms with Crippen molar-refractivity contribution in [2.45, 2.75) is 64.6 Å². The van der Waals surface area contributed by atoms with Gasteiger partial charge in [-0.3, -0.25) is 14.4 Å². The zero-order valence-corrected chi connectivity index (χ0v) is 25.7. The average molecular weight is 606 g/mol. The van der Waals surface area contributed by atoms with Gasteiger partial charge in [-0.2, -0.15) is 0 Å². The van der Waals surface area contributed by atoms with Crippen molar-refractivity contribution in [3.63, 3.8) is 0 Å². The van der Waals surface area contributed by atoms with Gasteiger partial charge in [0.15, 0.2) is 0 Å². The Labute approximate surface area is 257 Å². The second-order valence-electron chi connectivity index (χ2n) is 11.3. The van der Waals surface area contributed by atoms with Crippen LogP contribution in [0.5, 0.6) is 0 Å². The average Bonchev–Trinajstić information content (AvgIpc) is 3.03. The Balaban J connectivity index is 1.77. The number of terminal acetylenes is 1. The fourth-order valence-corrected chi connectivity index (χ4v) is 5.34. The molecule has 0 spiro atoms. The highest BCUT2D eigenvalue weighted by atomic mass is 35.5. The van der Waals surface area contributed by atoms with Crippen LogP contribution in [-0.2, 0) is 14.3 Å². The van der Waals surface area contributed by atoms with E-state index in [-0.39, 0.29) is 24.2 Å². The van der Waals surface area contributed by atoms with Gasteiger partial charge in [-0.1, -0.05) is 53.4 Å². The predicted octanol–water partition coefficient (Wildman–Crippen LogP) is 7.78. The van der Waals surface area contributed by atoms with E-state index < -0.39 is 17.7 Å². The summed E-state index contributed by atoms with van der Waals surface area (Å²) in [4.78, 5) is 44.5. The molecule has 0 unspecified atom stereocenters. The van der Waals surface area contributed by atoms with E-state index in [1.165, 1.54) is 0 Å². The largest absolute Gasteiger partial charge is 0.460 e. The highest BCUT2D eigenvalue weighted by molar-refractivity contribution is 6.30. The zero-order chi connectivity index (χ0) is 30.6. The lowest BCUT2D eigenvalue weighted by atomic mass is 9.98. The van der Waals surface area contributed by atoms with Crippen molar-refractivity contribution in [2.75, 3.05) is 11.4 Å². The lowest BCUT2D eigenvalue weighted by Gasteiger charge is -2.36. The maximum atomic E-state index is 14.6. The van der Waals surface area contributed by atoms with Crippen LogP contribution in [0, 0.1) is 12.3 Å². The zero-order valence-electron chi connectivity index (χ0n) is 24.2. The molecule has 0 N–H and O–H groups in total. The minimum absolute atomic E-state index is 0.224. The van der Waals surface area contributed by atoms with E-state index in [2.05, 4.69) is 5.92 Å². The summed E-state index contributed by atoms with van der Waals surface area (Å²) in [5, 5.41) is 1.09. The molecule has 0 saturated carbocycles. The van der Waals surface area contributed by atoms with Gasteiger partial charge in [0.25, 0.3) is 11.8 Å². The van der Waals surface area contributed by atoms with Crippen LogP contribution in [0.15, 0.2) is 66.7 Å². The van der Waals surface area contributed by atoms with Crippen LogP contribution in [-0.4, -0.2) is 34.8 Å². The van der Waals surface area contributed by atoms with Crippen molar-refractivity contribution in [2.24, 2.45) is 0 Å². The van der Waals surface area contributed by atoms with E-state index >= 15 is 0 Å².